The number of hydrogen-bond donors (Lipinski definition) is 2. The first-order chi connectivity index (χ1) is 24.4. The van der Waals surface area contributed by atoms with E-state index in [4.69, 9.17) is 18.9 Å². The molecule has 4 atom stereocenters. The van der Waals surface area contributed by atoms with Crippen LogP contribution in [0.15, 0.2) is 122 Å². The second-order valence-electron chi connectivity index (χ2n) is 11.7. The van der Waals surface area contributed by atoms with Crippen LogP contribution in [0.4, 0.5) is 10.2 Å². The molecular weight excluding hydrogens is 641 g/mol. The first kappa shape index (κ1) is 32.8. The Kier molecular flexibility index (Phi) is 9.22. The number of carbonyl (C=O) groups excluding carboxylic acids is 1. The van der Waals surface area contributed by atoms with Crippen molar-refractivity contribution >= 4 is 22.9 Å². The molecular formula is C38H34FN5O6. The zero-order valence-electron chi connectivity index (χ0n) is 27.2. The predicted octanol–water partition coefficient (Wildman–Crippen LogP) is 5.70. The van der Waals surface area contributed by atoms with Crippen molar-refractivity contribution in [2.45, 2.75) is 30.2 Å². The molecule has 12 heteroatoms. The van der Waals surface area contributed by atoms with Crippen LogP contribution in [0.2, 0.25) is 0 Å². The quantitative estimate of drug-likeness (QED) is 0.166. The number of fused-ring (bicyclic) bond motifs is 1. The fourth-order valence-corrected chi connectivity index (χ4v) is 6.25. The molecule has 2 aromatic heterocycles. The number of hydrogen-bond acceptors (Lipinski definition) is 9. The molecule has 4 aromatic carbocycles. The molecule has 1 saturated heterocycles. The van der Waals surface area contributed by atoms with Gasteiger partial charge in [-0.3, -0.25) is 9.36 Å². The maximum atomic E-state index is 16.0. The minimum atomic E-state index is -1.82. The molecule has 1 fully saturated rings. The molecule has 0 bridgehead atoms. The molecule has 1 aliphatic rings. The molecule has 11 nitrogen and oxygen atoms in total. The number of aromatic nitrogens is 4. The van der Waals surface area contributed by atoms with E-state index in [0.717, 1.165) is 16.7 Å². The number of imidazole rings is 1. The van der Waals surface area contributed by atoms with Gasteiger partial charge in [0.1, 0.15) is 35.6 Å². The summed E-state index contributed by atoms with van der Waals surface area (Å²) in [4.78, 5) is 25.7. The molecule has 50 heavy (non-hydrogen) atoms. The summed E-state index contributed by atoms with van der Waals surface area (Å²) in [7, 11) is 3.19. The van der Waals surface area contributed by atoms with Crippen molar-refractivity contribution in [1.29, 1.82) is 0 Å². The molecule has 6 aromatic rings. The van der Waals surface area contributed by atoms with Gasteiger partial charge in [0, 0.05) is 5.56 Å². The number of aliphatic hydroxyl groups excluding tert-OH is 1. The number of benzene rings is 4. The van der Waals surface area contributed by atoms with E-state index in [1.54, 1.807) is 38.5 Å². The maximum absolute atomic E-state index is 16.0. The van der Waals surface area contributed by atoms with Gasteiger partial charge in [-0.2, -0.15) is 0 Å². The average Bonchev–Trinajstić information content (AvgIpc) is 3.73. The Labute approximate surface area is 287 Å². The highest BCUT2D eigenvalue weighted by molar-refractivity contribution is 6.06. The summed E-state index contributed by atoms with van der Waals surface area (Å²) in [6, 6.07) is 33.3. The van der Waals surface area contributed by atoms with Crippen LogP contribution >= 0.6 is 0 Å². The Bertz CT molecular complexity index is 2010. The lowest BCUT2D eigenvalue weighted by molar-refractivity contribution is -0.0894. The molecule has 3 heterocycles. The van der Waals surface area contributed by atoms with E-state index in [0.29, 0.717) is 17.1 Å². The van der Waals surface area contributed by atoms with Gasteiger partial charge in [-0.25, -0.2) is 19.3 Å². The molecule has 2 N–H and O–H groups in total. The average molecular weight is 676 g/mol. The van der Waals surface area contributed by atoms with E-state index in [-0.39, 0.29) is 29.5 Å². The normalized spacial score (nSPS) is 19.0. The molecule has 1 amide bonds. The highest BCUT2D eigenvalue weighted by Crippen LogP contribution is 2.43. The number of anilines is 1. The summed E-state index contributed by atoms with van der Waals surface area (Å²) in [6.07, 6.45) is -3.13. The van der Waals surface area contributed by atoms with E-state index < -0.39 is 30.2 Å². The number of ether oxygens (including phenoxy) is 4. The van der Waals surface area contributed by atoms with Gasteiger partial charge in [0.05, 0.1) is 27.2 Å². The van der Waals surface area contributed by atoms with Crippen molar-refractivity contribution < 1.29 is 33.2 Å². The summed E-state index contributed by atoms with van der Waals surface area (Å²) in [5.41, 5.74) is 2.05. The monoisotopic (exact) mass is 675 g/mol. The molecule has 1 aliphatic heterocycles. The van der Waals surface area contributed by atoms with Crippen LogP contribution in [0.1, 0.15) is 33.3 Å². The van der Waals surface area contributed by atoms with Crippen LogP contribution in [0.5, 0.6) is 11.5 Å². The Morgan fingerprint density at radius 2 is 1.42 bits per heavy atom. The van der Waals surface area contributed by atoms with Crippen molar-refractivity contribution in [3.8, 4) is 11.5 Å². The van der Waals surface area contributed by atoms with Crippen molar-refractivity contribution in [1.82, 2.24) is 19.5 Å². The van der Waals surface area contributed by atoms with Crippen molar-refractivity contribution in [2.24, 2.45) is 0 Å². The number of rotatable bonds is 11. The van der Waals surface area contributed by atoms with E-state index >= 15 is 4.39 Å². The van der Waals surface area contributed by atoms with Gasteiger partial charge in [0.25, 0.3) is 5.91 Å². The lowest BCUT2D eigenvalue weighted by Gasteiger charge is -2.37. The fraction of sp³-hybridized carbons (Fsp3) is 0.211. The number of amides is 1. The predicted molar refractivity (Wildman–Crippen MR) is 183 cm³/mol. The second kappa shape index (κ2) is 14.0. The lowest BCUT2D eigenvalue weighted by atomic mass is 9.80. The van der Waals surface area contributed by atoms with Gasteiger partial charge < -0.3 is 29.4 Å². The first-order valence-corrected chi connectivity index (χ1v) is 15.9. The molecule has 0 radical (unpaired) electrons. The number of methoxy groups -OCH3 is 2. The minimum Gasteiger partial charge on any atom is -0.497 e. The molecule has 7 rings (SSSR count). The molecule has 0 saturated carbocycles. The third-order valence-electron chi connectivity index (χ3n) is 8.83. The Morgan fingerprint density at radius 1 is 0.840 bits per heavy atom. The number of halogens is 1. The summed E-state index contributed by atoms with van der Waals surface area (Å²) >= 11 is 0. The van der Waals surface area contributed by atoms with Crippen LogP contribution in [-0.4, -0.2) is 69.7 Å². The molecule has 0 spiro atoms. The standard InChI is InChI=1S/C38H34FN5O6/c1-47-28-17-13-26(14-18-28)38(25-11-7-4-8-12-25,27-15-19-29(48-2)20-16-27)49-21-30-31(39)33(45)37(50-30)44-23-42-32-34(40-22-41-35(32)44)43-36(46)24-9-5-3-6-10-24/h3-20,22-23,30-31,33,37,45H,21H2,1-2H3,(H,40,41,43,46)/t30-,31-,33-,37-/m1/s1. The van der Waals surface area contributed by atoms with Gasteiger partial charge in [-0.1, -0.05) is 72.8 Å². The minimum absolute atomic E-state index is 0.165. The van der Waals surface area contributed by atoms with Crippen LogP contribution < -0.4 is 14.8 Å². The van der Waals surface area contributed by atoms with Crippen LogP contribution in [0.3, 0.4) is 0 Å². The number of nitrogens with zero attached hydrogens (tertiary/aromatic N) is 4. The smallest absolute Gasteiger partial charge is 0.256 e. The van der Waals surface area contributed by atoms with Crippen LogP contribution in [-0.2, 0) is 15.1 Å². The molecule has 0 unspecified atom stereocenters. The van der Waals surface area contributed by atoms with Gasteiger partial charge in [-0.05, 0) is 53.1 Å². The van der Waals surface area contributed by atoms with Crippen LogP contribution in [0, 0.1) is 0 Å². The van der Waals surface area contributed by atoms with Gasteiger partial charge in [0.15, 0.2) is 29.4 Å². The van der Waals surface area contributed by atoms with Gasteiger partial charge in [-0.15, -0.1) is 0 Å². The maximum Gasteiger partial charge on any atom is 0.256 e. The second-order valence-corrected chi connectivity index (χ2v) is 11.7. The highest BCUT2D eigenvalue weighted by Gasteiger charge is 2.48. The van der Waals surface area contributed by atoms with E-state index in [1.165, 1.54) is 17.2 Å². The topological polar surface area (TPSA) is 130 Å². The van der Waals surface area contributed by atoms with Gasteiger partial charge >= 0.3 is 0 Å². The Hall–Kier alpha value is -5.69. The number of carbonyl (C=O) groups is 1. The Morgan fingerprint density at radius 3 is 2.02 bits per heavy atom. The zero-order chi connectivity index (χ0) is 34.7. The number of nitrogens with one attached hydrogen (secondary N) is 1. The van der Waals surface area contributed by atoms with E-state index in [9.17, 15) is 9.90 Å². The van der Waals surface area contributed by atoms with Gasteiger partial charge in [0.2, 0.25) is 0 Å². The SMILES string of the molecule is COc1ccc(C(OC[C@H]2O[C@@H](n3cnc4c(NC(=O)c5ccccc5)ncnc43)[C@H](O)[C@@H]2F)(c2ccccc2)c2ccc(OC)cc2)cc1. The van der Waals surface area contributed by atoms with Crippen molar-refractivity contribution in [3.05, 3.63) is 144 Å². The van der Waals surface area contributed by atoms with Crippen LogP contribution in [0.25, 0.3) is 11.2 Å². The summed E-state index contributed by atoms with van der Waals surface area (Å²) in [5.74, 6) is 1.12. The number of aliphatic hydroxyl groups is 1. The fourth-order valence-electron chi connectivity index (χ4n) is 6.25. The summed E-state index contributed by atoms with van der Waals surface area (Å²) in [6.45, 7) is -0.234. The van der Waals surface area contributed by atoms with E-state index in [2.05, 4.69) is 20.3 Å². The summed E-state index contributed by atoms with van der Waals surface area (Å²) in [5, 5.41) is 13.9. The van der Waals surface area contributed by atoms with Crippen molar-refractivity contribution in [2.75, 3.05) is 26.1 Å². The third-order valence-corrected chi connectivity index (χ3v) is 8.83. The highest BCUT2D eigenvalue weighted by atomic mass is 19.1. The lowest BCUT2D eigenvalue weighted by Crippen LogP contribution is -2.38. The largest absolute Gasteiger partial charge is 0.497 e. The summed E-state index contributed by atoms with van der Waals surface area (Å²) < 4.78 is 41.3. The van der Waals surface area contributed by atoms with Crippen molar-refractivity contribution in [3.63, 3.8) is 0 Å². The first-order valence-electron chi connectivity index (χ1n) is 15.9. The zero-order valence-corrected chi connectivity index (χ0v) is 27.2. The third kappa shape index (κ3) is 6.04. The Balaban J connectivity index is 1.20. The molecule has 254 valence electrons. The number of alkyl halides is 1. The molecule has 0 aliphatic carbocycles. The van der Waals surface area contributed by atoms with E-state index in [1.807, 2.05) is 84.9 Å².